The minimum atomic E-state index is -0.238. The van der Waals surface area contributed by atoms with Crippen LogP contribution in [0.1, 0.15) is 29.3 Å². The van der Waals surface area contributed by atoms with E-state index >= 15 is 0 Å². The van der Waals surface area contributed by atoms with Crippen molar-refractivity contribution in [2.45, 2.75) is 20.3 Å². The second-order valence-electron chi connectivity index (χ2n) is 5.58. The van der Waals surface area contributed by atoms with Crippen LogP contribution >= 0.6 is 0 Å². The van der Waals surface area contributed by atoms with Crippen LogP contribution in [-0.2, 0) is 6.42 Å². The normalized spacial score (nSPS) is 10.5. The first-order valence-corrected chi connectivity index (χ1v) is 8.04. The quantitative estimate of drug-likeness (QED) is 0.602. The van der Waals surface area contributed by atoms with E-state index in [1.165, 1.54) is 0 Å². The summed E-state index contributed by atoms with van der Waals surface area (Å²) in [5, 5.41) is 0. The fraction of sp³-hybridized carbons (Fsp3) is 0.143. The second-order valence-corrected chi connectivity index (χ2v) is 5.58. The van der Waals surface area contributed by atoms with E-state index in [4.69, 9.17) is 4.99 Å². The van der Waals surface area contributed by atoms with Crippen molar-refractivity contribution in [3.8, 4) is 0 Å². The molecule has 1 heterocycles. The van der Waals surface area contributed by atoms with Crippen molar-refractivity contribution in [2.24, 2.45) is 4.99 Å². The van der Waals surface area contributed by atoms with Crippen molar-refractivity contribution >= 4 is 11.5 Å². The van der Waals surface area contributed by atoms with Crippen LogP contribution in [0.2, 0.25) is 0 Å². The molecule has 0 bridgehead atoms. The average molecular weight is 318 g/mol. The molecule has 0 saturated heterocycles. The molecule has 0 aliphatic rings. The van der Waals surface area contributed by atoms with Gasteiger partial charge in [-0.1, -0.05) is 67.6 Å². The van der Waals surface area contributed by atoms with Crippen LogP contribution in [0.3, 0.4) is 0 Å². The number of rotatable bonds is 4. The molecule has 1 aromatic heterocycles. The maximum absolute atomic E-state index is 14.1. The summed E-state index contributed by atoms with van der Waals surface area (Å²) >= 11 is 0. The minimum absolute atomic E-state index is 0.238. The van der Waals surface area contributed by atoms with Crippen molar-refractivity contribution in [3.05, 3.63) is 94.9 Å². The zero-order valence-electron chi connectivity index (χ0n) is 13.8. The molecule has 0 unspecified atom stereocenters. The van der Waals surface area contributed by atoms with Gasteiger partial charge >= 0.3 is 0 Å². The van der Waals surface area contributed by atoms with Gasteiger partial charge in [-0.15, -0.1) is 0 Å². The Hall–Kier alpha value is -2.81. The first kappa shape index (κ1) is 16.1. The second kappa shape index (κ2) is 7.18. The number of hydrogen-bond acceptors (Lipinski definition) is 2. The third-order valence-corrected chi connectivity index (χ3v) is 3.89. The molecule has 0 fully saturated rings. The van der Waals surface area contributed by atoms with E-state index in [-0.39, 0.29) is 5.82 Å². The number of hydrogen-bond donors (Lipinski definition) is 0. The maximum Gasteiger partial charge on any atom is 0.153 e. The molecule has 0 aliphatic heterocycles. The van der Waals surface area contributed by atoms with E-state index in [1.54, 1.807) is 13.0 Å². The summed E-state index contributed by atoms with van der Waals surface area (Å²) in [4.78, 5) is 9.06. The monoisotopic (exact) mass is 318 g/mol. The number of aromatic nitrogens is 1. The largest absolute Gasteiger partial charge is 0.231 e. The predicted molar refractivity (Wildman–Crippen MR) is 96.5 cm³/mol. The molecule has 2 aromatic carbocycles. The van der Waals surface area contributed by atoms with Gasteiger partial charge in [0.1, 0.15) is 5.82 Å². The van der Waals surface area contributed by atoms with Crippen LogP contribution in [0.25, 0.3) is 0 Å². The van der Waals surface area contributed by atoms with E-state index in [2.05, 4.69) is 4.98 Å². The first-order valence-electron chi connectivity index (χ1n) is 8.04. The van der Waals surface area contributed by atoms with Crippen molar-refractivity contribution < 1.29 is 4.39 Å². The summed E-state index contributed by atoms with van der Waals surface area (Å²) in [6.07, 6.45) is 0.615. The van der Waals surface area contributed by atoms with Gasteiger partial charge in [0.25, 0.3) is 0 Å². The van der Waals surface area contributed by atoms with Gasteiger partial charge in [0, 0.05) is 11.1 Å². The summed E-state index contributed by atoms with van der Waals surface area (Å²) in [5.41, 5.74) is 3.86. The number of halogens is 1. The Morgan fingerprint density at radius 2 is 1.50 bits per heavy atom. The lowest BCUT2D eigenvalue weighted by Gasteiger charge is -2.09. The Kier molecular flexibility index (Phi) is 4.80. The van der Waals surface area contributed by atoms with Crippen molar-refractivity contribution in [3.63, 3.8) is 0 Å². The van der Waals surface area contributed by atoms with Crippen molar-refractivity contribution in [1.29, 1.82) is 0 Å². The summed E-state index contributed by atoms with van der Waals surface area (Å²) in [7, 11) is 0. The molecule has 0 spiro atoms. The molecular weight excluding hydrogens is 299 g/mol. The zero-order chi connectivity index (χ0) is 16.9. The number of benzene rings is 2. The van der Waals surface area contributed by atoms with Crippen LogP contribution in [0.4, 0.5) is 10.2 Å². The lowest BCUT2D eigenvalue weighted by Crippen LogP contribution is -2.03. The third-order valence-electron chi connectivity index (χ3n) is 3.89. The molecule has 120 valence electrons. The standard InChI is InChI=1S/C21H19FN2/c1-3-16-14-19(23-15(2)20(16)22)24-21(17-10-6-4-7-11-17)18-12-8-5-9-13-18/h4-14H,3H2,1-2H3. The number of aliphatic imine (C=N–C) groups is 1. The number of pyridine rings is 1. The fourth-order valence-electron chi connectivity index (χ4n) is 2.62. The lowest BCUT2D eigenvalue weighted by molar-refractivity contribution is 0.594. The Morgan fingerprint density at radius 3 is 2.00 bits per heavy atom. The van der Waals surface area contributed by atoms with E-state index in [1.807, 2.05) is 67.6 Å². The molecule has 0 aliphatic carbocycles. The van der Waals surface area contributed by atoms with Gasteiger partial charge in [0.2, 0.25) is 0 Å². The summed E-state index contributed by atoms with van der Waals surface area (Å²) in [6.45, 7) is 3.61. The molecule has 2 nitrogen and oxygen atoms in total. The van der Waals surface area contributed by atoms with Gasteiger partial charge < -0.3 is 0 Å². The molecule has 0 N–H and O–H groups in total. The summed E-state index contributed by atoms with van der Waals surface area (Å²) in [5.74, 6) is 0.297. The van der Waals surface area contributed by atoms with Crippen LogP contribution < -0.4 is 0 Å². The molecule has 3 heteroatoms. The molecular formula is C21H19FN2. The zero-order valence-corrected chi connectivity index (χ0v) is 13.8. The molecule has 0 saturated carbocycles. The Balaban J connectivity index is 2.16. The van der Waals surface area contributed by atoms with E-state index < -0.39 is 0 Å². The molecule has 24 heavy (non-hydrogen) atoms. The fourth-order valence-corrected chi connectivity index (χ4v) is 2.62. The van der Waals surface area contributed by atoms with Gasteiger partial charge in [-0.2, -0.15) is 0 Å². The summed E-state index contributed by atoms with van der Waals surface area (Å²) in [6, 6.07) is 21.7. The van der Waals surface area contributed by atoms with Crippen molar-refractivity contribution in [1.82, 2.24) is 4.98 Å². The molecule has 0 amide bonds. The maximum atomic E-state index is 14.1. The van der Waals surface area contributed by atoms with Crippen LogP contribution in [0.5, 0.6) is 0 Å². The Morgan fingerprint density at radius 1 is 0.958 bits per heavy atom. The highest BCUT2D eigenvalue weighted by Gasteiger charge is 2.11. The first-order chi connectivity index (χ1) is 11.7. The SMILES string of the molecule is CCc1cc(N=C(c2ccccc2)c2ccccc2)nc(C)c1F. The van der Waals surface area contributed by atoms with Gasteiger partial charge in [-0.25, -0.2) is 14.4 Å². The summed E-state index contributed by atoms with van der Waals surface area (Å²) < 4.78 is 14.1. The molecule has 0 atom stereocenters. The van der Waals surface area contributed by atoms with Gasteiger partial charge in [-0.3, -0.25) is 0 Å². The minimum Gasteiger partial charge on any atom is -0.231 e. The highest BCUT2D eigenvalue weighted by Crippen LogP contribution is 2.21. The topological polar surface area (TPSA) is 25.2 Å². The van der Waals surface area contributed by atoms with Crippen LogP contribution in [0.15, 0.2) is 71.7 Å². The molecule has 0 radical (unpaired) electrons. The molecule has 3 aromatic rings. The van der Waals surface area contributed by atoms with Crippen LogP contribution in [0, 0.1) is 12.7 Å². The Labute approximate surface area is 141 Å². The van der Waals surface area contributed by atoms with E-state index in [0.717, 1.165) is 16.8 Å². The number of aryl methyl sites for hydroxylation is 2. The van der Waals surface area contributed by atoms with Gasteiger partial charge in [-0.05, 0) is 25.0 Å². The van der Waals surface area contributed by atoms with E-state index in [9.17, 15) is 4.39 Å². The lowest BCUT2D eigenvalue weighted by atomic mass is 10.0. The Bertz CT molecular complexity index is 814. The average Bonchev–Trinajstić information content (AvgIpc) is 2.64. The highest BCUT2D eigenvalue weighted by molar-refractivity contribution is 6.13. The predicted octanol–water partition coefficient (Wildman–Crippen LogP) is 5.26. The van der Waals surface area contributed by atoms with Crippen molar-refractivity contribution in [2.75, 3.05) is 0 Å². The highest BCUT2D eigenvalue weighted by atomic mass is 19.1. The van der Waals surface area contributed by atoms with Gasteiger partial charge in [0.05, 0.1) is 11.4 Å². The van der Waals surface area contributed by atoms with Crippen LogP contribution in [-0.4, -0.2) is 10.7 Å². The van der Waals surface area contributed by atoms with Gasteiger partial charge in [0.15, 0.2) is 5.82 Å². The third kappa shape index (κ3) is 3.40. The van der Waals surface area contributed by atoms with E-state index in [0.29, 0.717) is 23.5 Å². The molecule has 3 rings (SSSR count). The smallest absolute Gasteiger partial charge is 0.153 e. The number of nitrogens with zero attached hydrogens (tertiary/aromatic N) is 2.